The van der Waals surface area contributed by atoms with Crippen LogP contribution >= 0.6 is 0 Å². The maximum Gasteiger partial charge on any atom is 0.264 e. The van der Waals surface area contributed by atoms with Gasteiger partial charge in [-0.1, -0.05) is 32.9 Å². The Bertz CT molecular complexity index is 831. The Morgan fingerprint density at radius 2 is 1.73 bits per heavy atom. The molecule has 0 unspecified atom stereocenters. The average molecular weight is 376 g/mol. The molecule has 0 aliphatic rings. The van der Waals surface area contributed by atoms with Gasteiger partial charge in [-0.3, -0.25) is 4.31 Å². The van der Waals surface area contributed by atoms with Crippen molar-refractivity contribution >= 4 is 27.1 Å². The van der Waals surface area contributed by atoms with Crippen molar-refractivity contribution < 1.29 is 8.42 Å². The number of hydrogen-bond acceptors (Lipinski definition) is 4. The Labute approximate surface area is 157 Å². The molecule has 2 aromatic rings. The highest BCUT2D eigenvalue weighted by atomic mass is 32.2. The first kappa shape index (κ1) is 20.1. The van der Waals surface area contributed by atoms with Crippen LogP contribution in [0.3, 0.4) is 0 Å². The van der Waals surface area contributed by atoms with E-state index in [0.717, 1.165) is 18.7 Å². The van der Waals surface area contributed by atoms with Gasteiger partial charge >= 0.3 is 0 Å². The Morgan fingerprint density at radius 3 is 2.23 bits per heavy atom. The molecule has 0 atom stereocenters. The van der Waals surface area contributed by atoms with E-state index < -0.39 is 10.0 Å². The topological polar surface area (TPSA) is 75.4 Å². The summed E-state index contributed by atoms with van der Waals surface area (Å²) in [6.45, 7) is 9.18. The van der Waals surface area contributed by atoms with Crippen LogP contribution in [0, 0.1) is 5.92 Å². The third kappa shape index (κ3) is 4.49. The van der Waals surface area contributed by atoms with Crippen LogP contribution in [-0.4, -0.2) is 21.5 Å². The third-order valence-corrected chi connectivity index (χ3v) is 5.93. The molecule has 0 fully saturated rings. The quantitative estimate of drug-likeness (QED) is 0.681. The molecule has 0 radical (unpaired) electrons. The van der Waals surface area contributed by atoms with Gasteiger partial charge in [0, 0.05) is 13.1 Å². The Balaban J connectivity index is 2.46. The molecule has 0 heterocycles. The van der Waals surface area contributed by atoms with Gasteiger partial charge < -0.3 is 11.1 Å². The largest absolute Gasteiger partial charge is 0.397 e. The molecule has 2 aromatic carbocycles. The zero-order chi connectivity index (χ0) is 19.3. The molecule has 0 aromatic heterocycles. The normalized spacial score (nSPS) is 11.6. The maximum atomic E-state index is 13.3. The summed E-state index contributed by atoms with van der Waals surface area (Å²) in [5, 5.41) is 3.13. The number of hydrogen-bond donors (Lipinski definition) is 2. The summed E-state index contributed by atoms with van der Waals surface area (Å²) in [6.07, 6.45) is 0.916. The van der Waals surface area contributed by atoms with Crippen LogP contribution in [0.15, 0.2) is 47.4 Å². The van der Waals surface area contributed by atoms with E-state index >= 15 is 0 Å². The molecule has 3 N–H and O–H groups in total. The molecule has 5 nitrogen and oxygen atoms in total. The fourth-order valence-corrected chi connectivity index (χ4v) is 4.42. The maximum absolute atomic E-state index is 13.3. The highest BCUT2D eigenvalue weighted by molar-refractivity contribution is 7.92. The summed E-state index contributed by atoms with van der Waals surface area (Å²) < 4.78 is 28.1. The Morgan fingerprint density at radius 1 is 1.08 bits per heavy atom. The fourth-order valence-electron chi connectivity index (χ4n) is 2.75. The number of rotatable bonds is 8. The minimum absolute atomic E-state index is 0.189. The number of benzene rings is 2. The van der Waals surface area contributed by atoms with E-state index in [-0.39, 0.29) is 10.8 Å². The molecule has 0 spiro atoms. The zero-order valence-electron chi connectivity index (χ0n) is 16.0. The van der Waals surface area contributed by atoms with Gasteiger partial charge in [0.2, 0.25) is 0 Å². The molecule has 6 heteroatoms. The van der Waals surface area contributed by atoms with E-state index in [1.807, 2.05) is 45.0 Å². The SMILES string of the molecule is CCNc1ccc(S(=O)(=O)N(CC(C)C)c2ccc(CC)cc2)cc1N. The van der Waals surface area contributed by atoms with Crippen LogP contribution in [0.25, 0.3) is 0 Å². The lowest BCUT2D eigenvalue weighted by atomic mass is 10.1. The lowest BCUT2D eigenvalue weighted by Gasteiger charge is -2.26. The van der Waals surface area contributed by atoms with Gasteiger partial charge in [-0.25, -0.2) is 8.42 Å². The summed E-state index contributed by atoms with van der Waals surface area (Å²) in [5.74, 6) is 0.189. The third-order valence-electron chi connectivity index (χ3n) is 4.14. The molecule has 0 saturated heterocycles. The predicted octanol–water partition coefficient (Wildman–Crippen LogP) is 4.11. The van der Waals surface area contributed by atoms with Gasteiger partial charge in [0.15, 0.2) is 0 Å². The number of nitrogens with one attached hydrogen (secondary N) is 1. The summed E-state index contributed by atoms with van der Waals surface area (Å²) in [6, 6.07) is 12.5. The number of sulfonamides is 1. The van der Waals surface area contributed by atoms with Crippen LogP contribution in [0.4, 0.5) is 17.1 Å². The smallest absolute Gasteiger partial charge is 0.264 e. The van der Waals surface area contributed by atoms with Crippen LogP contribution in [-0.2, 0) is 16.4 Å². The average Bonchev–Trinajstić information content (AvgIpc) is 2.61. The lowest BCUT2D eigenvalue weighted by Crippen LogP contribution is -2.34. The van der Waals surface area contributed by atoms with Crippen molar-refractivity contribution in [2.24, 2.45) is 5.92 Å². The van der Waals surface area contributed by atoms with Gasteiger partial charge in [-0.05, 0) is 55.2 Å². The van der Waals surface area contributed by atoms with Crippen molar-refractivity contribution in [2.75, 3.05) is 28.4 Å². The van der Waals surface area contributed by atoms with E-state index in [9.17, 15) is 8.42 Å². The molecule has 0 amide bonds. The fraction of sp³-hybridized carbons (Fsp3) is 0.400. The van der Waals surface area contributed by atoms with E-state index in [1.165, 1.54) is 15.9 Å². The van der Waals surface area contributed by atoms with Gasteiger partial charge in [0.05, 0.1) is 22.0 Å². The second-order valence-electron chi connectivity index (χ2n) is 6.73. The number of nitrogen functional groups attached to an aromatic ring is 1. The minimum Gasteiger partial charge on any atom is -0.397 e. The van der Waals surface area contributed by atoms with Crippen molar-refractivity contribution in [2.45, 2.75) is 39.0 Å². The van der Waals surface area contributed by atoms with Crippen LogP contribution < -0.4 is 15.4 Å². The van der Waals surface area contributed by atoms with Gasteiger partial charge in [0.1, 0.15) is 0 Å². The van der Waals surface area contributed by atoms with Gasteiger partial charge in [0.25, 0.3) is 10.0 Å². The minimum atomic E-state index is -3.70. The number of nitrogens with two attached hydrogens (primary N) is 1. The monoisotopic (exact) mass is 375 g/mol. The van der Waals surface area contributed by atoms with Gasteiger partial charge in [-0.15, -0.1) is 0 Å². The highest BCUT2D eigenvalue weighted by Gasteiger charge is 2.26. The molecule has 2 rings (SSSR count). The Hall–Kier alpha value is -2.21. The Kier molecular flexibility index (Phi) is 6.53. The van der Waals surface area contributed by atoms with Crippen molar-refractivity contribution in [3.63, 3.8) is 0 Å². The van der Waals surface area contributed by atoms with Crippen molar-refractivity contribution in [3.05, 3.63) is 48.0 Å². The summed E-state index contributed by atoms with van der Waals surface area (Å²) in [7, 11) is -3.70. The summed E-state index contributed by atoms with van der Waals surface area (Å²) >= 11 is 0. The van der Waals surface area contributed by atoms with E-state index in [0.29, 0.717) is 17.9 Å². The summed E-state index contributed by atoms with van der Waals surface area (Å²) in [5.41, 5.74) is 9.06. The second kappa shape index (κ2) is 8.45. The molecular formula is C20H29N3O2S. The van der Waals surface area contributed by atoms with E-state index in [2.05, 4.69) is 12.2 Å². The summed E-state index contributed by atoms with van der Waals surface area (Å²) in [4.78, 5) is 0.205. The standard InChI is InChI=1S/C20H29N3O2S/c1-5-16-7-9-17(10-8-16)23(14-15(3)4)26(24,25)18-11-12-20(22-6-2)19(21)13-18/h7-13,15,22H,5-6,14,21H2,1-4H3. The number of nitrogens with zero attached hydrogens (tertiary/aromatic N) is 1. The van der Waals surface area contributed by atoms with Crippen molar-refractivity contribution in [1.29, 1.82) is 0 Å². The van der Waals surface area contributed by atoms with Gasteiger partial charge in [-0.2, -0.15) is 0 Å². The zero-order valence-corrected chi connectivity index (χ0v) is 16.8. The second-order valence-corrected chi connectivity index (χ2v) is 8.59. The van der Waals surface area contributed by atoms with E-state index in [1.54, 1.807) is 12.1 Å². The van der Waals surface area contributed by atoms with Crippen molar-refractivity contribution in [3.8, 4) is 0 Å². The van der Waals surface area contributed by atoms with Crippen LogP contribution in [0.1, 0.15) is 33.3 Å². The predicted molar refractivity (Wildman–Crippen MR) is 110 cm³/mol. The molecule has 0 saturated carbocycles. The first-order valence-electron chi connectivity index (χ1n) is 9.04. The van der Waals surface area contributed by atoms with Crippen LogP contribution in [0.5, 0.6) is 0 Å². The highest BCUT2D eigenvalue weighted by Crippen LogP contribution is 2.29. The molecule has 26 heavy (non-hydrogen) atoms. The van der Waals surface area contributed by atoms with Crippen molar-refractivity contribution in [1.82, 2.24) is 0 Å². The van der Waals surface area contributed by atoms with Crippen LogP contribution in [0.2, 0.25) is 0 Å². The number of anilines is 3. The molecule has 0 bridgehead atoms. The van der Waals surface area contributed by atoms with E-state index in [4.69, 9.17) is 5.73 Å². The molecule has 0 aliphatic carbocycles. The molecule has 142 valence electrons. The number of aryl methyl sites for hydroxylation is 1. The first-order chi connectivity index (χ1) is 12.3. The molecule has 0 aliphatic heterocycles. The lowest BCUT2D eigenvalue weighted by molar-refractivity contribution is 0.578. The molecular weight excluding hydrogens is 346 g/mol. The first-order valence-corrected chi connectivity index (χ1v) is 10.5.